The van der Waals surface area contributed by atoms with Crippen LogP contribution >= 0.6 is 21.6 Å². The van der Waals surface area contributed by atoms with E-state index in [1.165, 1.54) is 64.3 Å². The van der Waals surface area contributed by atoms with Gasteiger partial charge >= 0.3 is 17.9 Å². The molecular formula is C52H68N4O10S2. The molecule has 0 radical (unpaired) electrons. The molecule has 0 aliphatic heterocycles. The number of carbonyl (C=O) groups is 6. The number of phenols is 1. The van der Waals surface area contributed by atoms with Crippen molar-refractivity contribution in [2.75, 3.05) is 37.7 Å². The van der Waals surface area contributed by atoms with Crippen molar-refractivity contribution in [3.8, 4) is 11.5 Å². The summed E-state index contributed by atoms with van der Waals surface area (Å²) in [4.78, 5) is 81.3. The van der Waals surface area contributed by atoms with Gasteiger partial charge in [-0.25, -0.2) is 9.59 Å². The quantitative estimate of drug-likeness (QED) is 0.0148. The van der Waals surface area contributed by atoms with E-state index in [0.29, 0.717) is 31.0 Å². The zero-order valence-corrected chi connectivity index (χ0v) is 41.2. The van der Waals surface area contributed by atoms with Crippen molar-refractivity contribution in [1.29, 1.82) is 0 Å². The number of nitrogens with one attached hydrogen (secondary N) is 3. The SMILES string of the molecule is CC/C=C\C/C=C\C/C=C\CCCCCCCCC(=O)OCC(C)(C)[C@@H](OC(=O)c1cccnc1)C(=O)NCCC(=O)NCCSSCCNC(=O)c1ccccc1OC(=O)c1ccccc1O. The maximum atomic E-state index is 13.5. The van der Waals surface area contributed by atoms with Crippen molar-refractivity contribution in [3.05, 3.63) is 126 Å². The fourth-order valence-corrected chi connectivity index (χ4v) is 8.20. The van der Waals surface area contributed by atoms with Gasteiger partial charge in [-0.05, 0) is 74.9 Å². The highest BCUT2D eigenvalue weighted by molar-refractivity contribution is 8.76. The monoisotopic (exact) mass is 972 g/mol. The Labute approximate surface area is 409 Å². The van der Waals surface area contributed by atoms with Crippen LogP contribution < -0.4 is 20.7 Å². The van der Waals surface area contributed by atoms with Gasteiger partial charge in [0, 0.05) is 61.8 Å². The average molecular weight is 973 g/mol. The lowest BCUT2D eigenvalue weighted by Gasteiger charge is -2.32. The second-order valence-corrected chi connectivity index (χ2v) is 19.0. The largest absolute Gasteiger partial charge is 0.507 e. The second kappa shape index (κ2) is 33.6. The Balaban J connectivity index is 1.32. The van der Waals surface area contributed by atoms with Crippen LogP contribution in [-0.2, 0) is 23.9 Å². The fourth-order valence-electron chi connectivity index (χ4n) is 6.38. The number of pyridine rings is 1. The summed E-state index contributed by atoms with van der Waals surface area (Å²) >= 11 is 0. The number of unbranched alkanes of at least 4 members (excludes halogenated alkanes) is 6. The molecule has 1 aromatic heterocycles. The van der Waals surface area contributed by atoms with Crippen molar-refractivity contribution >= 4 is 57.2 Å². The number of para-hydroxylation sites is 2. The number of rotatable bonds is 33. The Bertz CT molecular complexity index is 2110. The molecule has 3 rings (SSSR count). The molecular weight excluding hydrogens is 905 g/mol. The molecule has 3 aromatic rings. The van der Waals surface area contributed by atoms with E-state index in [-0.39, 0.29) is 66.1 Å². The third-order valence-electron chi connectivity index (χ3n) is 10.1. The summed E-state index contributed by atoms with van der Waals surface area (Å²) in [5.41, 5.74) is -0.802. The van der Waals surface area contributed by atoms with Crippen LogP contribution in [0.4, 0.5) is 0 Å². The molecule has 368 valence electrons. The number of amides is 3. The predicted octanol–water partition coefficient (Wildman–Crippen LogP) is 9.51. The molecule has 3 amide bonds. The minimum absolute atomic E-state index is 0.0194. The van der Waals surface area contributed by atoms with E-state index in [9.17, 15) is 33.9 Å². The lowest BCUT2D eigenvalue weighted by molar-refractivity contribution is -0.153. The Hall–Kier alpha value is -5.87. The normalized spacial score (nSPS) is 11.9. The zero-order valence-electron chi connectivity index (χ0n) is 39.6. The number of benzene rings is 2. The van der Waals surface area contributed by atoms with Gasteiger partial charge in [0.2, 0.25) is 5.91 Å². The van der Waals surface area contributed by atoms with Crippen molar-refractivity contribution in [1.82, 2.24) is 20.9 Å². The van der Waals surface area contributed by atoms with E-state index >= 15 is 0 Å². The molecule has 14 nitrogen and oxygen atoms in total. The van der Waals surface area contributed by atoms with E-state index in [0.717, 1.165) is 57.8 Å². The molecule has 1 heterocycles. The van der Waals surface area contributed by atoms with Gasteiger partial charge in [0.25, 0.3) is 11.8 Å². The van der Waals surface area contributed by atoms with Gasteiger partial charge in [-0.3, -0.25) is 24.2 Å². The van der Waals surface area contributed by atoms with E-state index in [2.05, 4.69) is 64.3 Å². The van der Waals surface area contributed by atoms with Crippen LogP contribution in [0, 0.1) is 5.41 Å². The van der Waals surface area contributed by atoms with E-state index in [1.54, 1.807) is 44.2 Å². The van der Waals surface area contributed by atoms with Crippen LogP contribution in [0.2, 0.25) is 0 Å². The molecule has 68 heavy (non-hydrogen) atoms. The van der Waals surface area contributed by atoms with Gasteiger partial charge in [-0.1, -0.05) is 129 Å². The maximum absolute atomic E-state index is 13.5. The first kappa shape index (κ1) is 56.5. The third kappa shape index (κ3) is 23.2. The molecule has 0 spiro atoms. The van der Waals surface area contributed by atoms with Crippen molar-refractivity contribution in [2.24, 2.45) is 5.41 Å². The highest BCUT2D eigenvalue weighted by Crippen LogP contribution is 2.27. The van der Waals surface area contributed by atoms with Crippen LogP contribution in [0.5, 0.6) is 11.5 Å². The molecule has 0 fully saturated rings. The number of carbonyl (C=O) groups excluding carboxylic acids is 6. The van der Waals surface area contributed by atoms with Crippen LogP contribution in [-0.4, -0.2) is 89.6 Å². The van der Waals surface area contributed by atoms with Crippen molar-refractivity contribution in [3.63, 3.8) is 0 Å². The number of aromatic hydroxyl groups is 1. The molecule has 0 unspecified atom stereocenters. The Morgan fingerprint density at radius 1 is 0.706 bits per heavy atom. The number of esters is 3. The summed E-state index contributed by atoms with van der Waals surface area (Å²) in [7, 11) is 3.01. The first-order chi connectivity index (χ1) is 32.9. The average Bonchev–Trinajstić information content (AvgIpc) is 3.33. The summed E-state index contributed by atoms with van der Waals surface area (Å²) in [5.74, 6) is -2.30. The van der Waals surface area contributed by atoms with Crippen LogP contribution in [0.3, 0.4) is 0 Å². The highest BCUT2D eigenvalue weighted by Gasteiger charge is 2.40. The molecule has 0 aliphatic rings. The Morgan fingerprint density at radius 2 is 1.35 bits per heavy atom. The number of phenolic OH excluding ortho intramolecular Hbond substituents is 1. The standard InChI is InChI=1S/C52H68N4O10S2/c1-4-5-6-7-8-9-10-11-12-13-14-15-16-17-18-19-30-46(59)64-39-52(2,3)47(66-50(62)40-25-24-32-53-38-40)49(61)55-33-31-45(58)54-34-36-67-68-37-35-56-48(60)42-27-21-23-29-44(42)65-51(63)41-26-20-22-28-43(41)57/h5-6,8-9,11-12,20-29,32,38,47,57H,4,7,10,13-19,30-31,33-37,39H2,1-3H3,(H,54,58)(H,55,61)(H,56,60)/b6-5-,9-8-,12-11-/t47-/m0/s1. The van der Waals surface area contributed by atoms with Crippen LogP contribution in [0.1, 0.15) is 129 Å². The summed E-state index contributed by atoms with van der Waals surface area (Å²) in [5, 5.41) is 18.3. The van der Waals surface area contributed by atoms with Gasteiger partial charge in [-0.15, -0.1) is 0 Å². The topological polar surface area (TPSA) is 199 Å². The molecule has 1 atom stereocenters. The van der Waals surface area contributed by atoms with Gasteiger partial charge < -0.3 is 35.3 Å². The lowest BCUT2D eigenvalue weighted by Crippen LogP contribution is -2.49. The molecule has 0 bridgehead atoms. The number of ether oxygens (including phenoxy) is 3. The van der Waals surface area contributed by atoms with Crippen molar-refractivity contribution < 1.29 is 48.1 Å². The molecule has 0 saturated heterocycles. The number of aromatic nitrogens is 1. The van der Waals surface area contributed by atoms with Crippen molar-refractivity contribution in [2.45, 2.75) is 104 Å². The second-order valence-electron chi connectivity index (χ2n) is 16.3. The summed E-state index contributed by atoms with van der Waals surface area (Å²) in [6.45, 7) is 5.99. The summed E-state index contributed by atoms with van der Waals surface area (Å²) < 4.78 is 16.7. The molecule has 0 saturated carbocycles. The minimum atomic E-state index is -1.34. The first-order valence-corrected chi connectivity index (χ1v) is 25.8. The maximum Gasteiger partial charge on any atom is 0.347 e. The highest BCUT2D eigenvalue weighted by atomic mass is 33.1. The zero-order chi connectivity index (χ0) is 49.2. The Kier molecular flexibility index (Phi) is 27.9. The summed E-state index contributed by atoms with van der Waals surface area (Å²) in [6.07, 6.45) is 25.0. The number of hydrogen-bond acceptors (Lipinski definition) is 13. The number of nitrogens with zero attached hydrogens (tertiary/aromatic N) is 1. The van der Waals surface area contributed by atoms with Gasteiger partial charge in [0.15, 0.2) is 6.10 Å². The third-order valence-corrected chi connectivity index (χ3v) is 12.5. The number of allylic oxidation sites excluding steroid dienone is 6. The predicted molar refractivity (Wildman–Crippen MR) is 269 cm³/mol. The van der Waals surface area contributed by atoms with E-state index in [4.69, 9.17) is 14.2 Å². The van der Waals surface area contributed by atoms with E-state index in [1.807, 2.05) is 0 Å². The van der Waals surface area contributed by atoms with Gasteiger partial charge in [0.05, 0.1) is 11.1 Å². The van der Waals surface area contributed by atoms with Crippen LogP contribution in [0.15, 0.2) is 110 Å². The minimum Gasteiger partial charge on any atom is -0.507 e. The van der Waals surface area contributed by atoms with Crippen LogP contribution in [0.25, 0.3) is 0 Å². The van der Waals surface area contributed by atoms with Gasteiger partial charge in [0.1, 0.15) is 23.7 Å². The van der Waals surface area contributed by atoms with Gasteiger partial charge in [-0.2, -0.15) is 0 Å². The Morgan fingerprint density at radius 3 is 2.06 bits per heavy atom. The molecule has 2 aromatic carbocycles. The fraction of sp³-hybridized carbons (Fsp3) is 0.442. The first-order valence-electron chi connectivity index (χ1n) is 23.3. The molecule has 16 heteroatoms. The smallest absolute Gasteiger partial charge is 0.347 e. The number of hydrogen-bond donors (Lipinski definition) is 4. The summed E-state index contributed by atoms with van der Waals surface area (Å²) in [6, 6.07) is 15.4. The molecule has 0 aliphatic carbocycles. The molecule has 4 N–H and O–H groups in total. The van der Waals surface area contributed by atoms with E-state index < -0.39 is 35.3 Å². The lowest BCUT2D eigenvalue weighted by atomic mass is 9.86.